The fourth-order valence-electron chi connectivity index (χ4n) is 5.52. The van der Waals surface area contributed by atoms with E-state index in [9.17, 15) is 0 Å². The summed E-state index contributed by atoms with van der Waals surface area (Å²) in [7, 11) is 3.89. The quantitative estimate of drug-likeness (QED) is 0.324. The minimum absolute atomic E-state index is 0.0187. The number of para-hydroxylation sites is 1. The Balaban J connectivity index is 1.72. The highest BCUT2D eigenvalue weighted by molar-refractivity contribution is 6.86. The molecule has 33 heavy (non-hydrogen) atoms. The van der Waals surface area contributed by atoms with Crippen LogP contribution in [0.4, 0.5) is 22.9 Å². The largest absolute Gasteiger partial charge is 0.543 e. The second-order valence-electron chi connectivity index (χ2n) is 9.09. The Morgan fingerprint density at radius 2 is 1.52 bits per heavy atom. The van der Waals surface area contributed by atoms with Gasteiger partial charge in [-0.2, -0.15) is 0 Å². The Kier molecular flexibility index (Phi) is 4.31. The maximum Gasteiger partial charge on any atom is 0.543 e. The molecule has 3 heterocycles. The molecule has 0 radical (unpaired) electrons. The molecule has 0 saturated carbocycles. The third kappa shape index (κ3) is 2.68. The molecule has 162 valence electrons. The smallest absolute Gasteiger partial charge is 0.496 e. The van der Waals surface area contributed by atoms with Gasteiger partial charge in [-0.1, -0.05) is 42.5 Å². The molecule has 0 aliphatic carbocycles. The van der Waals surface area contributed by atoms with Gasteiger partial charge in [0, 0.05) is 28.3 Å². The summed E-state index contributed by atoms with van der Waals surface area (Å²) in [5, 5.41) is 0. The number of pyridine rings is 1. The van der Waals surface area contributed by atoms with Crippen LogP contribution in [-0.4, -0.2) is 14.1 Å². The molecule has 0 spiro atoms. The summed E-state index contributed by atoms with van der Waals surface area (Å²) >= 11 is 0. The van der Waals surface area contributed by atoms with Crippen LogP contribution >= 0.6 is 0 Å². The van der Waals surface area contributed by atoms with Gasteiger partial charge in [0.1, 0.15) is 11.4 Å². The fraction of sp³-hybridized carbons (Fsp3) is 0.179. The number of benzene rings is 3. The van der Waals surface area contributed by atoms with E-state index in [2.05, 4.69) is 115 Å². The molecule has 0 amide bonds. The molecule has 6 rings (SSSR count). The molecule has 2 aliphatic rings. The molecule has 1 aromatic heterocycles. The van der Waals surface area contributed by atoms with Crippen LogP contribution in [0.5, 0.6) is 5.75 Å². The third-order valence-electron chi connectivity index (χ3n) is 7.23. The van der Waals surface area contributed by atoms with Crippen LogP contribution in [0.1, 0.15) is 16.7 Å². The Hall–Kier alpha value is -3.73. The minimum atomic E-state index is 0.0187. The molecular weight excluding hydrogens is 405 g/mol. The van der Waals surface area contributed by atoms with Crippen LogP contribution in [-0.2, 0) is 7.05 Å². The van der Waals surface area contributed by atoms with Gasteiger partial charge in [-0.15, -0.1) is 0 Å². The molecule has 0 atom stereocenters. The lowest BCUT2D eigenvalue weighted by atomic mass is 9.59. The maximum absolute atomic E-state index is 5.77. The summed E-state index contributed by atoms with van der Waals surface area (Å²) in [6.07, 6.45) is 2.23. The third-order valence-corrected chi connectivity index (χ3v) is 7.23. The summed E-state index contributed by atoms with van der Waals surface area (Å²) in [5.41, 5.74) is 11.2. The van der Waals surface area contributed by atoms with Crippen molar-refractivity contribution in [1.82, 2.24) is 0 Å². The second kappa shape index (κ2) is 7.14. The van der Waals surface area contributed by atoms with Crippen molar-refractivity contribution in [2.75, 3.05) is 16.7 Å². The Morgan fingerprint density at radius 1 is 0.788 bits per heavy atom. The first kappa shape index (κ1) is 19.9. The van der Waals surface area contributed by atoms with E-state index in [4.69, 9.17) is 4.74 Å². The van der Waals surface area contributed by atoms with Crippen molar-refractivity contribution in [3.05, 3.63) is 89.6 Å². The lowest BCUT2D eigenvalue weighted by Crippen LogP contribution is -2.57. The number of nitrogens with zero attached hydrogens (tertiary/aromatic N) is 3. The highest BCUT2D eigenvalue weighted by Gasteiger charge is 2.55. The Bertz CT molecular complexity index is 1430. The van der Waals surface area contributed by atoms with Gasteiger partial charge in [-0.3, -0.25) is 4.81 Å². The van der Waals surface area contributed by atoms with Crippen molar-refractivity contribution >= 4 is 35.3 Å². The molecule has 0 fully saturated rings. The van der Waals surface area contributed by atoms with Gasteiger partial charge in [-0.25, -0.2) is 4.57 Å². The van der Waals surface area contributed by atoms with Crippen LogP contribution in [0.3, 0.4) is 0 Å². The molecule has 4 aromatic rings. The number of hydrogen-bond donors (Lipinski definition) is 0. The summed E-state index contributed by atoms with van der Waals surface area (Å²) < 4.78 is 8.02. The summed E-state index contributed by atoms with van der Waals surface area (Å²) in [6.45, 7) is 6.55. The van der Waals surface area contributed by atoms with Crippen LogP contribution in [0, 0.1) is 20.8 Å². The molecular formula is C28H27BN3O+. The van der Waals surface area contributed by atoms with Gasteiger partial charge in [0.15, 0.2) is 0 Å². The van der Waals surface area contributed by atoms with Gasteiger partial charge in [0.2, 0.25) is 0 Å². The van der Waals surface area contributed by atoms with E-state index in [1.165, 1.54) is 44.8 Å². The van der Waals surface area contributed by atoms with Gasteiger partial charge in [0.25, 0.3) is 5.82 Å². The lowest BCUT2D eigenvalue weighted by Gasteiger charge is -2.32. The molecule has 0 N–H and O–H groups in total. The van der Waals surface area contributed by atoms with Crippen molar-refractivity contribution in [2.24, 2.45) is 7.05 Å². The van der Waals surface area contributed by atoms with E-state index in [0.29, 0.717) is 0 Å². The first-order valence-corrected chi connectivity index (χ1v) is 11.4. The van der Waals surface area contributed by atoms with E-state index in [1.54, 1.807) is 7.11 Å². The van der Waals surface area contributed by atoms with Crippen LogP contribution in [0.25, 0.3) is 11.1 Å². The second-order valence-corrected chi connectivity index (χ2v) is 9.09. The van der Waals surface area contributed by atoms with E-state index < -0.39 is 0 Å². The van der Waals surface area contributed by atoms with Crippen molar-refractivity contribution in [3.8, 4) is 16.9 Å². The summed E-state index contributed by atoms with van der Waals surface area (Å²) in [4.78, 5) is 4.99. The molecule has 5 heteroatoms. The average Bonchev–Trinajstić information content (AvgIpc) is 3.18. The number of rotatable bonds is 2. The van der Waals surface area contributed by atoms with Gasteiger partial charge in [-0.05, 0) is 55.7 Å². The predicted octanol–water partition coefficient (Wildman–Crippen LogP) is 5.11. The SMILES string of the molecule is COc1ccc2c(c1C)N(c1cc(C)c(C)c[n+]1C)B1c3ccccc3-c3ccccc3N12. The van der Waals surface area contributed by atoms with Gasteiger partial charge in [0.05, 0.1) is 26.0 Å². The average molecular weight is 432 g/mol. The topological polar surface area (TPSA) is 19.6 Å². The standard InChI is InChI=1S/C28H27BN3O/c1-18-16-27(30(4)17-19(18)2)32-28-20(3)26(33-5)15-14-25(28)31-24-13-9-7-11-22(24)21-10-6-8-12-23(21)29(31)32/h6-17H,1-5H3/q+1. The highest BCUT2D eigenvalue weighted by atomic mass is 16.5. The molecule has 0 saturated heterocycles. The normalized spacial score (nSPS) is 13.4. The Morgan fingerprint density at radius 3 is 2.30 bits per heavy atom. The first-order chi connectivity index (χ1) is 16.0. The number of fused-ring (bicyclic) bond motifs is 8. The summed E-state index contributed by atoms with van der Waals surface area (Å²) in [5.74, 6) is 2.07. The molecule has 0 unspecified atom stereocenters. The number of aromatic nitrogens is 1. The zero-order chi connectivity index (χ0) is 22.9. The van der Waals surface area contributed by atoms with E-state index in [0.717, 1.165) is 17.1 Å². The number of hydrogen-bond acceptors (Lipinski definition) is 3. The number of ether oxygens (including phenoxy) is 1. The Labute approximate surface area is 195 Å². The van der Waals surface area contributed by atoms with E-state index in [1.807, 2.05) is 0 Å². The van der Waals surface area contributed by atoms with Crippen LogP contribution in [0.15, 0.2) is 72.9 Å². The van der Waals surface area contributed by atoms with Crippen LogP contribution in [0.2, 0.25) is 0 Å². The highest BCUT2D eigenvalue weighted by Crippen LogP contribution is 2.53. The fourth-order valence-corrected chi connectivity index (χ4v) is 5.52. The molecule has 3 aromatic carbocycles. The number of anilines is 4. The predicted molar refractivity (Wildman–Crippen MR) is 136 cm³/mol. The van der Waals surface area contributed by atoms with Crippen LogP contribution < -0.4 is 24.4 Å². The van der Waals surface area contributed by atoms with Crippen molar-refractivity contribution in [1.29, 1.82) is 0 Å². The minimum Gasteiger partial charge on any atom is -0.496 e. The number of methoxy groups -OCH3 is 1. The van der Waals surface area contributed by atoms with Gasteiger partial charge < -0.3 is 9.55 Å². The van der Waals surface area contributed by atoms with Gasteiger partial charge >= 0.3 is 6.98 Å². The zero-order valence-electron chi connectivity index (χ0n) is 19.8. The molecule has 2 aliphatic heterocycles. The molecule has 4 nitrogen and oxygen atoms in total. The maximum atomic E-state index is 5.77. The summed E-state index contributed by atoms with van der Waals surface area (Å²) in [6, 6.07) is 24.2. The molecule has 0 bridgehead atoms. The zero-order valence-corrected chi connectivity index (χ0v) is 19.8. The van der Waals surface area contributed by atoms with Crippen molar-refractivity contribution < 1.29 is 9.30 Å². The van der Waals surface area contributed by atoms with Crippen molar-refractivity contribution in [2.45, 2.75) is 20.8 Å². The van der Waals surface area contributed by atoms with E-state index >= 15 is 0 Å². The van der Waals surface area contributed by atoms with E-state index in [-0.39, 0.29) is 6.98 Å². The van der Waals surface area contributed by atoms with Crippen molar-refractivity contribution in [3.63, 3.8) is 0 Å². The monoisotopic (exact) mass is 432 g/mol. The lowest BCUT2D eigenvalue weighted by molar-refractivity contribution is -0.658. The first-order valence-electron chi connectivity index (χ1n) is 11.4. The number of aryl methyl sites for hydroxylation is 3.